The van der Waals surface area contributed by atoms with E-state index in [-0.39, 0.29) is 0 Å². The van der Waals surface area contributed by atoms with Crippen molar-refractivity contribution in [2.24, 2.45) is 0 Å². The normalized spacial score (nSPS) is 10.4. The van der Waals surface area contributed by atoms with Crippen molar-refractivity contribution in [2.75, 3.05) is 17.2 Å². The zero-order chi connectivity index (χ0) is 13.5. The average molecular weight is 357 g/mol. The van der Waals surface area contributed by atoms with E-state index in [1.165, 1.54) is 9.79 Å². The molecule has 1 N–H and O–H groups in total. The predicted molar refractivity (Wildman–Crippen MR) is 88.9 cm³/mol. The topological polar surface area (TPSA) is 12.0 Å². The fourth-order valence-electron chi connectivity index (χ4n) is 1.63. The van der Waals surface area contributed by atoms with E-state index in [1.807, 2.05) is 18.2 Å². The van der Waals surface area contributed by atoms with Gasteiger partial charge in [0.25, 0.3) is 0 Å². The van der Waals surface area contributed by atoms with E-state index < -0.39 is 0 Å². The molecule has 2 aromatic rings. The fraction of sp³-hybridized carbons (Fsp3) is 0.200. The molecule has 0 heterocycles. The Morgan fingerprint density at radius 3 is 2.63 bits per heavy atom. The highest BCUT2D eigenvalue weighted by atomic mass is 79.9. The monoisotopic (exact) mass is 355 g/mol. The van der Waals surface area contributed by atoms with Gasteiger partial charge in [0.2, 0.25) is 0 Å². The van der Waals surface area contributed by atoms with Crippen molar-refractivity contribution >= 4 is 45.0 Å². The second-order valence-electron chi connectivity index (χ2n) is 4.02. The largest absolute Gasteiger partial charge is 0.384 e. The maximum absolute atomic E-state index is 6.07. The molecular weight excluding hydrogens is 342 g/mol. The Morgan fingerprint density at radius 2 is 1.89 bits per heavy atom. The SMILES string of the molecule is Clc1ccc(Sc2ccccc2)c(NCCCBr)c1. The van der Waals surface area contributed by atoms with Crippen molar-refractivity contribution in [3.8, 4) is 0 Å². The number of benzene rings is 2. The first-order valence-electron chi connectivity index (χ1n) is 6.12. The van der Waals surface area contributed by atoms with Crippen molar-refractivity contribution in [1.82, 2.24) is 0 Å². The highest BCUT2D eigenvalue weighted by Crippen LogP contribution is 2.34. The minimum Gasteiger partial charge on any atom is -0.384 e. The molecule has 0 fully saturated rings. The summed E-state index contributed by atoms with van der Waals surface area (Å²) in [5, 5.41) is 5.20. The Bertz CT molecular complexity index is 519. The third-order valence-corrected chi connectivity index (χ3v) is 4.42. The summed E-state index contributed by atoms with van der Waals surface area (Å²) in [6, 6.07) is 16.3. The summed E-state index contributed by atoms with van der Waals surface area (Å²) in [4.78, 5) is 2.43. The highest BCUT2D eigenvalue weighted by Gasteiger charge is 2.05. The van der Waals surface area contributed by atoms with Gasteiger partial charge in [-0.1, -0.05) is 57.5 Å². The number of hydrogen-bond acceptors (Lipinski definition) is 2. The van der Waals surface area contributed by atoms with Gasteiger partial charge in [0.1, 0.15) is 0 Å². The lowest BCUT2D eigenvalue weighted by Gasteiger charge is -2.12. The molecule has 0 aliphatic carbocycles. The van der Waals surface area contributed by atoms with Crippen LogP contribution in [0.3, 0.4) is 0 Å². The maximum Gasteiger partial charge on any atom is 0.0496 e. The molecular formula is C15H15BrClNS. The molecule has 0 aromatic heterocycles. The standard InChI is InChI=1S/C15H15BrClNS/c16-9-4-10-18-14-11-12(17)7-8-15(14)19-13-5-2-1-3-6-13/h1-3,5-8,11,18H,4,9-10H2. The van der Waals surface area contributed by atoms with Crippen LogP contribution < -0.4 is 5.32 Å². The molecule has 0 saturated carbocycles. The van der Waals surface area contributed by atoms with E-state index in [9.17, 15) is 0 Å². The van der Waals surface area contributed by atoms with Gasteiger partial charge < -0.3 is 5.32 Å². The average Bonchev–Trinajstić information content (AvgIpc) is 2.43. The minimum atomic E-state index is 0.763. The molecule has 0 spiro atoms. The predicted octanol–water partition coefficient (Wildman–Crippen LogP) is 5.69. The van der Waals surface area contributed by atoms with Gasteiger partial charge in [-0.2, -0.15) is 0 Å². The Morgan fingerprint density at radius 1 is 1.11 bits per heavy atom. The molecule has 2 rings (SSSR count). The van der Waals surface area contributed by atoms with Crippen molar-refractivity contribution in [3.05, 3.63) is 53.6 Å². The summed E-state index contributed by atoms with van der Waals surface area (Å²) in [5.41, 5.74) is 1.10. The van der Waals surface area contributed by atoms with Gasteiger partial charge >= 0.3 is 0 Å². The number of rotatable bonds is 6. The smallest absolute Gasteiger partial charge is 0.0496 e. The summed E-state index contributed by atoms with van der Waals surface area (Å²) < 4.78 is 0. The van der Waals surface area contributed by atoms with Crippen molar-refractivity contribution < 1.29 is 0 Å². The quantitative estimate of drug-likeness (QED) is 0.527. The van der Waals surface area contributed by atoms with Gasteiger partial charge in [0, 0.05) is 32.4 Å². The summed E-state index contributed by atoms with van der Waals surface area (Å²) in [6.07, 6.45) is 1.09. The van der Waals surface area contributed by atoms with Gasteiger partial charge in [0.05, 0.1) is 0 Å². The summed E-state index contributed by atoms with van der Waals surface area (Å²) in [6.45, 7) is 0.938. The number of hydrogen-bond donors (Lipinski definition) is 1. The Kier molecular flexibility index (Phi) is 6.08. The van der Waals surface area contributed by atoms with Crippen LogP contribution in [0.1, 0.15) is 6.42 Å². The minimum absolute atomic E-state index is 0.763. The Labute approximate surface area is 131 Å². The van der Waals surface area contributed by atoms with E-state index in [4.69, 9.17) is 11.6 Å². The van der Waals surface area contributed by atoms with E-state index in [0.717, 1.165) is 29.0 Å². The number of halogens is 2. The van der Waals surface area contributed by atoms with Gasteiger partial charge in [-0.25, -0.2) is 0 Å². The van der Waals surface area contributed by atoms with Crippen LogP contribution in [-0.2, 0) is 0 Å². The number of anilines is 1. The van der Waals surface area contributed by atoms with Gasteiger partial charge in [0.15, 0.2) is 0 Å². The van der Waals surface area contributed by atoms with Gasteiger partial charge in [-0.3, -0.25) is 0 Å². The lowest BCUT2D eigenvalue weighted by atomic mass is 10.3. The van der Waals surface area contributed by atoms with Crippen LogP contribution in [0.15, 0.2) is 58.3 Å². The Hall–Kier alpha value is -0.640. The summed E-state index contributed by atoms with van der Waals surface area (Å²) in [7, 11) is 0. The van der Waals surface area contributed by atoms with Crippen LogP contribution >= 0.6 is 39.3 Å². The van der Waals surface area contributed by atoms with E-state index in [0.29, 0.717) is 0 Å². The maximum atomic E-state index is 6.07. The fourth-order valence-corrected chi connectivity index (χ4v) is 3.01. The molecule has 19 heavy (non-hydrogen) atoms. The first kappa shape index (κ1) is 14.8. The van der Waals surface area contributed by atoms with Crippen LogP contribution in [0.5, 0.6) is 0 Å². The van der Waals surface area contributed by atoms with Crippen LogP contribution in [0, 0.1) is 0 Å². The van der Waals surface area contributed by atoms with Gasteiger partial charge in [-0.05, 0) is 36.8 Å². The molecule has 0 aliphatic heterocycles. The van der Waals surface area contributed by atoms with Crippen LogP contribution in [0.4, 0.5) is 5.69 Å². The zero-order valence-corrected chi connectivity index (χ0v) is 13.6. The molecule has 0 aliphatic rings. The molecule has 2 aromatic carbocycles. The molecule has 0 unspecified atom stereocenters. The van der Waals surface area contributed by atoms with Crippen molar-refractivity contribution in [3.63, 3.8) is 0 Å². The molecule has 100 valence electrons. The summed E-state index contributed by atoms with van der Waals surface area (Å²) in [5.74, 6) is 0. The molecule has 0 atom stereocenters. The van der Waals surface area contributed by atoms with E-state index in [2.05, 4.69) is 51.6 Å². The number of nitrogens with one attached hydrogen (secondary N) is 1. The van der Waals surface area contributed by atoms with Crippen LogP contribution in [-0.4, -0.2) is 11.9 Å². The molecule has 4 heteroatoms. The van der Waals surface area contributed by atoms with Crippen LogP contribution in [0.2, 0.25) is 5.02 Å². The lowest BCUT2D eigenvalue weighted by molar-refractivity contribution is 0.993. The second-order valence-corrected chi connectivity index (χ2v) is 6.37. The molecule has 0 amide bonds. The zero-order valence-electron chi connectivity index (χ0n) is 10.4. The van der Waals surface area contributed by atoms with E-state index >= 15 is 0 Å². The highest BCUT2D eigenvalue weighted by molar-refractivity contribution is 9.09. The third-order valence-electron chi connectivity index (χ3n) is 2.54. The first-order chi connectivity index (χ1) is 9.29. The van der Waals surface area contributed by atoms with Crippen molar-refractivity contribution in [1.29, 1.82) is 0 Å². The molecule has 1 nitrogen and oxygen atoms in total. The first-order valence-corrected chi connectivity index (χ1v) is 8.43. The van der Waals surface area contributed by atoms with E-state index in [1.54, 1.807) is 11.8 Å². The molecule has 0 bridgehead atoms. The Balaban J connectivity index is 2.14. The second kappa shape index (κ2) is 7.83. The van der Waals surface area contributed by atoms with Crippen LogP contribution in [0.25, 0.3) is 0 Å². The third kappa shape index (κ3) is 4.75. The summed E-state index contributed by atoms with van der Waals surface area (Å²) >= 11 is 11.3. The van der Waals surface area contributed by atoms with Crippen molar-refractivity contribution in [2.45, 2.75) is 16.2 Å². The molecule has 0 radical (unpaired) electrons. The lowest BCUT2D eigenvalue weighted by Crippen LogP contribution is -2.02. The van der Waals surface area contributed by atoms with Gasteiger partial charge in [-0.15, -0.1) is 0 Å². The number of alkyl halides is 1. The molecule has 0 saturated heterocycles.